The highest BCUT2D eigenvalue weighted by molar-refractivity contribution is 7.09. The van der Waals surface area contributed by atoms with Crippen molar-refractivity contribution < 1.29 is 9.53 Å². The number of carbonyl (C=O) groups excluding carboxylic acids is 1. The van der Waals surface area contributed by atoms with E-state index in [4.69, 9.17) is 16.3 Å². The average molecular weight is 366 g/mol. The smallest absolute Gasteiger partial charge is 0.226 e. The molecule has 1 amide bonds. The highest BCUT2D eigenvalue weighted by Gasteiger charge is 2.16. The summed E-state index contributed by atoms with van der Waals surface area (Å²) in [6, 6.07) is 7.50. The fraction of sp³-hybridized carbons (Fsp3) is 0.412. The van der Waals surface area contributed by atoms with Crippen LogP contribution in [0.15, 0.2) is 29.6 Å². The highest BCUT2D eigenvalue weighted by Crippen LogP contribution is 2.18. The Morgan fingerprint density at radius 2 is 2.08 bits per heavy atom. The quantitative estimate of drug-likeness (QED) is 0.826. The number of nitrogens with zero attached hydrogens (tertiary/aromatic N) is 1. The maximum Gasteiger partial charge on any atom is 0.226 e. The van der Waals surface area contributed by atoms with E-state index in [2.05, 4.69) is 15.6 Å². The Bertz CT molecular complexity index is 669. The van der Waals surface area contributed by atoms with Crippen LogP contribution in [0.1, 0.15) is 23.5 Å². The van der Waals surface area contributed by atoms with E-state index in [1.165, 1.54) is 11.3 Å². The summed E-state index contributed by atoms with van der Waals surface area (Å²) in [4.78, 5) is 16.6. The molecule has 1 aromatic heterocycles. The fourth-order valence-corrected chi connectivity index (χ4v) is 3.41. The number of hydrogen-bond donors (Lipinski definition) is 2. The van der Waals surface area contributed by atoms with Gasteiger partial charge in [0.2, 0.25) is 5.91 Å². The van der Waals surface area contributed by atoms with Crippen LogP contribution in [0.5, 0.6) is 5.75 Å². The molecule has 2 heterocycles. The van der Waals surface area contributed by atoms with E-state index >= 15 is 0 Å². The average Bonchev–Trinajstić information content (AvgIpc) is 3.02. The van der Waals surface area contributed by atoms with Gasteiger partial charge in [-0.1, -0.05) is 11.6 Å². The molecule has 1 saturated heterocycles. The highest BCUT2D eigenvalue weighted by atomic mass is 35.5. The van der Waals surface area contributed by atoms with Crippen molar-refractivity contribution in [3.8, 4) is 5.75 Å². The first-order chi connectivity index (χ1) is 11.7. The van der Waals surface area contributed by atoms with E-state index in [-0.39, 0.29) is 11.9 Å². The van der Waals surface area contributed by atoms with Gasteiger partial charge in [0.05, 0.1) is 12.1 Å². The lowest BCUT2D eigenvalue weighted by Crippen LogP contribution is -2.43. The number of rotatable bonds is 6. The van der Waals surface area contributed by atoms with Gasteiger partial charge in [0, 0.05) is 16.4 Å². The number of aromatic nitrogens is 1. The van der Waals surface area contributed by atoms with E-state index in [0.717, 1.165) is 42.4 Å². The second kappa shape index (κ2) is 8.46. The molecule has 1 aromatic carbocycles. The van der Waals surface area contributed by atoms with Crippen LogP contribution in [0.2, 0.25) is 5.02 Å². The molecular formula is C17H20ClN3O2S. The largest absolute Gasteiger partial charge is 0.486 e. The lowest BCUT2D eigenvalue weighted by atomic mass is 10.1. The number of piperidine rings is 1. The Kier molecular flexibility index (Phi) is 6.07. The Morgan fingerprint density at radius 3 is 2.83 bits per heavy atom. The van der Waals surface area contributed by atoms with Gasteiger partial charge in [0.25, 0.3) is 0 Å². The number of benzene rings is 1. The standard InChI is InChI=1S/C17H20ClN3O2S/c18-12-1-3-15(4-2-12)23-10-17-21-14(11-24-17)9-16(22)20-13-5-7-19-8-6-13/h1-4,11,13,19H,5-10H2,(H,20,22). The number of ether oxygens (including phenoxy) is 1. The van der Waals surface area contributed by atoms with E-state index in [1.54, 1.807) is 12.1 Å². The third-order valence-corrected chi connectivity index (χ3v) is 4.94. The van der Waals surface area contributed by atoms with Gasteiger partial charge in [-0.05, 0) is 50.2 Å². The summed E-state index contributed by atoms with van der Waals surface area (Å²) in [6.45, 7) is 2.32. The second-order valence-corrected chi connectivity index (χ2v) is 7.12. The zero-order valence-corrected chi connectivity index (χ0v) is 14.8. The molecule has 0 unspecified atom stereocenters. The molecule has 0 aliphatic carbocycles. The van der Waals surface area contributed by atoms with Crippen LogP contribution < -0.4 is 15.4 Å². The topological polar surface area (TPSA) is 63.2 Å². The van der Waals surface area contributed by atoms with Gasteiger partial charge in [-0.3, -0.25) is 4.79 Å². The van der Waals surface area contributed by atoms with Crippen molar-refractivity contribution in [2.75, 3.05) is 13.1 Å². The first-order valence-electron chi connectivity index (χ1n) is 8.01. The zero-order chi connectivity index (χ0) is 16.8. The Balaban J connectivity index is 1.46. The monoisotopic (exact) mass is 365 g/mol. The van der Waals surface area contributed by atoms with Gasteiger partial charge in [-0.2, -0.15) is 0 Å². The van der Waals surface area contributed by atoms with Crippen molar-refractivity contribution in [3.63, 3.8) is 0 Å². The van der Waals surface area contributed by atoms with Gasteiger partial charge >= 0.3 is 0 Å². The Labute approximate surface area is 150 Å². The van der Waals surface area contributed by atoms with Crippen LogP contribution in [0.3, 0.4) is 0 Å². The molecule has 1 fully saturated rings. The molecule has 2 aromatic rings. The lowest BCUT2D eigenvalue weighted by Gasteiger charge is -2.23. The molecule has 24 heavy (non-hydrogen) atoms. The van der Waals surface area contributed by atoms with Gasteiger partial charge in [-0.15, -0.1) is 11.3 Å². The van der Waals surface area contributed by atoms with E-state index in [0.29, 0.717) is 18.1 Å². The zero-order valence-electron chi connectivity index (χ0n) is 13.3. The van der Waals surface area contributed by atoms with Crippen molar-refractivity contribution in [1.29, 1.82) is 0 Å². The van der Waals surface area contributed by atoms with Gasteiger partial charge in [0.1, 0.15) is 17.4 Å². The molecule has 1 aliphatic rings. The summed E-state index contributed by atoms with van der Waals surface area (Å²) in [5.74, 6) is 0.789. The molecule has 0 bridgehead atoms. The molecule has 0 spiro atoms. The first kappa shape index (κ1) is 17.2. The molecule has 0 saturated carbocycles. The van der Waals surface area contributed by atoms with Crippen molar-refractivity contribution in [2.24, 2.45) is 0 Å². The minimum Gasteiger partial charge on any atom is -0.486 e. The van der Waals surface area contributed by atoms with Crippen LogP contribution in [0, 0.1) is 0 Å². The number of halogens is 1. The van der Waals surface area contributed by atoms with Gasteiger partial charge in [0.15, 0.2) is 0 Å². The number of hydrogen-bond acceptors (Lipinski definition) is 5. The summed E-state index contributed by atoms with van der Waals surface area (Å²) in [6.07, 6.45) is 2.30. The van der Waals surface area contributed by atoms with Crippen molar-refractivity contribution in [2.45, 2.75) is 31.9 Å². The second-order valence-electron chi connectivity index (χ2n) is 5.74. The van der Waals surface area contributed by atoms with E-state index < -0.39 is 0 Å². The van der Waals surface area contributed by atoms with Crippen molar-refractivity contribution in [3.05, 3.63) is 45.4 Å². The van der Waals surface area contributed by atoms with Crippen LogP contribution in [-0.2, 0) is 17.8 Å². The fourth-order valence-electron chi connectivity index (χ4n) is 2.58. The minimum atomic E-state index is 0.0392. The van der Waals surface area contributed by atoms with Crippen LogP contribution in [-0.4, -0.2) is 30.0 Å². The summed E-state index contributed by atoms with van der Waals surface area (Å²) in [5.41, 5.74) is 0.793. The van der Waals surface area contributed by atoms with Crippen molar-refractivity contribution >= 4 is 28.8 Å². The lowest BCUT2D eigenvalue weighted by molar-refractivity contribution is -0.121. The van der Waals surface area contributed by atoms with E-state index in [9.17, 15) is 4.79 Å². The SMILES string of the molecule is O=C(Cc1csc(COc2ccc(Cl)cc2)n1)NC1CCNCC1. The maximum atomic E-state index is 12.1. The molecule has 1 aliphatic heterocycles. The minimum absolute atomic E-state index is 0.0392. The predicted molar refractivity (Wildman–Crippen MR) is 95.6 cm³/mol. The molecule has 3 rings (SSSR count). The van der Waals surface area contributed by atoms with Crippen molar-refractivity contribution in [1.82, 2.24) is 15.6 Å². The molecule has 5 nitrogen and oxygen atoms in total. The molecular weight excluding hydrogens is 346 g/mol. The summed E-state index contributed by atoms with van der Waals surface area (Å²) < 4.78 is 5.67. The number of carbonyl (C=O) groups is 1. The van der Waals surface area contributed by atoms with Crippen LogP contribution in [0.25, 0.3) is 0 Å². The van der Waals surface area contributed by atoms with Gasteiger partial charge in [-0.25, -0.2) is 4.98 Å². The predicted octanol–water partition coefficient (Wildman–Crippen LogP) is 2.79. The third-order valence-electron chi connectivity index (χ3n) is 3.82. The molecule has 0 atom stereocenters. The first-order valence-corrected chi connectivity index (χ1v) is 9.26. The third kappa shape index (κ3) is 5.19. The van der Waals surface area contributed by atoms with Crippen LogP contribution in [0.4, 0.5) is 0 Å². The number of nitrogens with one attached hydrogen (secondary N) is 2. The normalized spacial score (nSPS) is 15.2. The van der Waals surface area contributed by atoms with E-state index in [1.807, 2.05) is 17.5 Å². The van der Waals surface area contributed by atoms with Gasteiger partial charge < -0.3 is 15.4 Å². The molecule has 7 heteroatoms. The molecule has 128 valence electrons. The molecule has 2 N–H and O–H groups in total. The summed E-state index contributed by atoms with van der Waals surface area (Å²) in [7, 11) is 0. The summed E-state index contributed by atoms with van der Waals surface area (Å²) in [5, 5.41) is 9.82. The number of thiazole rings is 1. The Morgan fingerprint density at radius 1 is 1.33 bits per heavy atom. The molecule has 0 radical (unpaired) electrons. The number of amides is 1. The maximum absolute atomic E-state index is 12.1. The Hall–Kier alpha value is -1.63. The van der Waals surface area contributed by atoms with Crippen LogP contribution >= 0.6 is 22.9 Å². The summed E-state index contributed by atoms with van der Waals surface area (Å²) >= 11 is 7.35.